The molecule has 6 heteroatoms. The number of hydrogen-bond acceptors (Lipinski definition) is 6. The highest BCUT2D eigenvalue weighted by molar-refractivity contribution is 4.96. The van der Waals surface area contributed by atoms with Crippen molar-refractivity contribution >= 4 is 0 Å². The number of aliphatic hydroxyl groups excluding tert-OH is 2. The molecule has 2 fully saturated rings. The van der Waals surface area contributed by atoms with E-state index in [2.05, 4.69) is 6.58 Å². The zero-order valence-electron chi connectivity index (χ0n) is 12.0. The first-order valence-corrected chi connectivity index (χ1v) is 7.01. The molecular weight excluding hydrogens is 264 g/mol. The lowest BCUT2D eigenvalue weighted by atomic mass is 9.99. The predicted molar refractivity (Wildman–Crippen MR) is 71.0 cm³/mol. The minimum absolute atomic E-state index is 0.291. The van der Waals surface area contributed by atoms with E-state index in [0.717, 1.165) is 12.8 Å². The zero-order chi connectivity index (χ0) is 14.8. The second-order valence-electron chi connectivity index (χ2n) is 5.58. The summed E-state index contributed by atoms with van der Waals surface area (Å²) in [6.45, 7) is 7.42. The molecule has 0 aromatic carbocycles. The molecule has 0 spiro atoms. The van der Waals surface area contributed by atoms with E-state index in [1.807, 2.05) is 6.08 Å². The quantitative estimate of drug-likeness (QED) is 0.549. The van der Waals surface area contributed by atoms with Crippen LogP contribution in [0.4, 0.5) is 0 Å². The van der Waals surface area contributed by atoms with Crippen LogP contribution in [0.25, 0.3) is 0 Å². The molecule has 2 aliphatic rings. The second-order valence-corrected chi connectivity index (χ2v) is 5.58. The van der Waals surface area contributed by atoms with E-state index in [-0.39, 0.29) is 6.61 Å². The third-order valence-electron chi connectivity index (χ3n) is 3.47. The topological polar surface area (TPSA) is 77.4 Å². The molecule has 0 amide bonds. The van der Waals surface area contributed by atoms with Gasteiger partial charge in [0.15, 0.2) is 12.1 Å². The molecule has 2 heterocycles. The van der Waals surface area contributed by atoms with Crippen LogP contribution in [-0.4, -0.2) is 59.9 Å². The van der Waals surface area contributed by atoms with E-state index < -0.39 is 36.5 Å². The van der Waals surface area contributed by atoms with Crippen molar-refractivity contribution in [2.75, 3.05) is 13.2 Å². The lowest BCUT2D eigenvalue weighted by molar-refractivity contribution is -0.280. The summed E-state index contributed by atoms with van der Waals surface area (Å²) < 4.78 is 22.7. The highest BCUT2D eigenvalue weighted by Crippen LogP contribution is 2.37. The molecule has 0 saturated carbocycles. The summed E-state index contributed by atoms with van der Waals surface area (Å²) in [7, 11) is 0. The number of rotatable bonds is 6. The van der Waals surface area contributed by atoms with Gasteiger partial charge in [-0.2, -0.15) is 0 Å². The zero-order valence-corrected chi connectivity index (χ0v) is 12.0. The van der Waals surface area contributed by atoms with Crippen LogP contribution in [0, 0.1) is 0 Å². The molecule has 2 N–H and O–H groups in total. The Labute approximate surface area is 119 Å². The fourth-order valence-corrected chi connectivity index (χ4v) is 2.55. The van der Waals surface area contributed by atoms with Gasteiger partial charge in [0.1, 0.15) is 24.4 Å². The van der Waals surface area contributed by atoms with Crippen LogP contribution in [0.3, 0.4) is 0 Å². The highest BCUT2D eigenvalue weighted by atomic mass is 16.8. The van der Waals surface area contributed by atoms with Crippen LogP contribution in [0.15, 0.2) is 12.7 Å². The van der Waals surface area contributed by atoms with Crippen molar-refractivity contribution in [3.05, 3.63) is 12.7 Å². The van der Waals surface area contributed by atoms with E-state index in [9.17, 15) is 10.2 Å². The van der Waals surface area contributed by atoms with Crippen LogP contribution in [0.1, 0.15) is 26.7 Å². The maximum Gasteiger partial charge on any atom is 0.187 e. The summed E-state index contributed by atoms with van der Waals surface area (Å²) in [4.78, 5) is 0. The van der Waals surface area contributed by atoms with Crippen LogP contribution < -0.4 is 0 Å². The Hall–Kier alpha value is -0.500. The average Bonchev–Trinajstić information content (AvgIpc) is 2.73. The van der Waals surface area contributed by atoms with E-state index in [1.165, 1.54) is 0 Å². The smallest absolute Gasteiger partial charge is 0.187 e. The number of aliphatic hydroxyl groups is 2. The molecule has 116 valence electrons. The third kappa shape index (κ3) is 3.39. The summed E-state index contributed by atoms with van der Waals surface area (Å²) in [5, 5.41) is 19.4. The maximum atomic E-state index is 10.1. The van der Waals surface area contributed by atoms with Crippen LogP contribution in [0.2, 0.25) is 0 Å². The molecule has 2 aliphatic heterocycles. The monoisotopic (exact) mass is 288 g/mol. The van der Waals surface area contributed by atoms with Gasteiger partial charge in [-0.25, -0.2) is 0 Å². The van der Waals surface area contributed by atoms with Gasteiger partial charge in [0.05, 0.1) is 13.2 Å². The molecule has 0 aliphatic carbocycles. The summed E-state index contributed by atoms with van der Waals surface area (Å²) in [6, 6.07) is 0. The van der Waals surface area contributed by atoms with Crippen molar-refractivity contribution in [3.8, 4) is 0 Å². The first kappa shape index (κ1) is 15.9. The number of ether oxygens (including phenoxy) is 4. The van der Waals surface area contributed by atoms with E-state index in [1.54, 1.807) is 13.8 Å². The molecule has 0 aromatic heterocycles. The Balaban J connectivity index is 2.00. The summed E-state index contributed by atoms with van der Waals surface area (Å²) in [5.74, 6) is -0.799. The Bertz CT molecular complexity index is 332. The van der Waals surface area contributed by atoms with E-state index in [4.69, 9.17) is 18.9 Å². The van der Waals surface area contributed by atoms with Crippen molar-refractivity contribution in [1.82, 2.24) is 0 Å². The molecule has 6 nitrogen and oxygen atoms in total. The molecule has 20 heavy (non-hydrogen) atoms. The first-order valence-electron chi connectivity index (χ1n) is 7.01. The van der Waals surface area contributed by atoms with Gasteiger partial charge in [0.2, 0.25) is 0 Å². The van der Waals surface area contributed by atoms with Gasteiger partial charge in [-0.15, -0.1) is 6.58 Å². The van der Waals surface area contributed by atoms with Gasteiger partial charge in [-0.05, 0) is 26.7 Å². The van der Waals surface area contributed by atoms with Gasteiger partial charge in [0, 0.05) is 0 Å². The molecule has 5 atom stereocenters. The Morgan fingerprint density at radius 2 is 2.00 bits per heavy atom. The van der Waals surface area contributed by atoms with E-state index in [0.29, 0.717) is 6.61 Å². The van der Waals surface area contributed by atoms with Crippen molar-refractivity contribution < 1.29 is 29.2 Å². The van der Waals surface area contributed by atoms with Gasteiger partial charge < -0.3 is 29.2 Å². The Morgan fingerprint density at radius 1 is 1.30 bits per heavy atom. The van der Waals surface area contributed by atoms with Gasteiger partial charge in [-0.1, -0.05) is 6.08 Å². The standard InChI is InChI=1S/C14H24O6/c1-4-5-6-7-17-13-12-11(19-14(2,3)20-12)10(16)9(8-15)18-13/h4,9-13,15-16H,1,5-8H2,2-3H3/t9-,10-,11+,12-,13+/m0/s1. The number of hydrogen-bond donors (Lipinski definition) is 2. The van der Waals surface area contributed by atoms with Crippen molar-refractivity contribution in [3.63, 3.8) is 0 Å². The maximum absolute atomic E-state index is 10.1. The van der Waals surface area contributed by atoms with E-state index >= 15 is 0 Å². The lowest BCUT2D eigenvalue weighted by Crippen LogP contribution is -2.58. The molecule has 0 radical (unpaired) electrons. The molecule has 0 unspecified atom stereocenters. The number of allylic oxidation sites excluding steroid dienone is 1. The lowest BCUT2D eigenvalue weighted by Gasteiger charge is -2.39. The molecular formula is C14H24O6. The third-order valence-corrected chi connectivity index (χ3v) is 3.47. The van der Waals surface area contributed by atoms with Crippen molar-refractivity contribution in [2.24, 2.45) is 0 Å². The van der Waals surface area contributed by atoms with Gasteiger partial charge in [-0.3, -0.25) is 0 Å². The molecule has 2 rings (SSSR count). The average molecular weight is 288 g/mol. The Morgan fingerprint density at radius 3 is 2.65 bits per heavy atom. The normalized spacial score (nSPS) is 39.5. The predicted octanol–water partition coefficient (Wildman–Crippen LogP) is 0.567. The molecule has 2 saturated heterocycles. The SMILES string of the molecule is C=CCCCO[C@@H]1O[C@@H](CO)[C@H](O)[C@H]2OC(C)(C)O[C@H]12. The number of fused-ring (bicyclic) bond motifs is 1. The molecule has 0 bridgehead atoms. The van der Waals surface area contributed by atoms with Crippen LogP contribution >= 0.6 is 0 Å². The van der Waals surface area contributed by atoms with Crippen LogP contribution in [0.5, 0.6) is 0 Å². The highest BCUT2D eigenvalue weighted by Gasteiger charge is 2.55. The Kier molecular flexibility index (Phi) is 5.17. The van der Waals surface area contributed by atoms with Crippen LogP contribution in [-0.2, 0) is 18.9 Å². The van der Waals surface area contributed by atoms with Gasteiger partial charge >= 0.3 is 0 Å². The van der Waals surface area contributed by atoms with Crippen molar-refractivity contribution in [1.29, 1.82) is 0 Å². The minimum atomic E-state index is -0.931. The fraction of sp³-hybridized carbons (Fsp3) is 0.857. The minimum Gasteiger partial charge on any atom is -0.394 e. The first-order chi connectivity index (χ1) is 9.48. The summed E-state index contributed by atoms with van der Waals surface area (Å²) in [5.41, 5.74) is 0. The number of unbranched alkanes of at least 4 members (excludes halogenated alkanes) is 1. The van der Waals surface area contributed by atoms with Crippen molar-refractivity contribution in [2.45, 2.75) is 63.2 Å². The van der Waals surface area contributed by atoms with Gasteiger partial charge in [0.25, 0.3) is 0 Å². The second kappa shape index (κ2) is 6.51. The fourth-order valence-electron chi connectivity index (χ4n) is 2.55. The largest absolute Gasteiger partial charge is 0.394 e. The summed E-state index contributed by atoms with van der Waals surface area (Å²) in [6.07, 6.45) is 0.163. The molecule has 0 aromatic rings. The summed E-state index contributed by atoms with van der Waals surface area (Å²) >= 11 is 0.